The summed E-state index contributed by atoms with van der Waals surface area (Å²) in [5.41, 5.74) is 0. The van der Waals surface area contributed by atoms with Crippen molar-refractivity contribution in [1.29, 1.82) is 0 Å². The average Bonchev–Trinajstić information content (AvgIpc) is 3.50. The van der Waals surface area contributed by atoms with Crippen LogP contribution in [-0.2, 0) is 23.7 Å². The van der Waals surface area contributed by atoms with E-state index in [1.807, 2.05) is 0 Å². The maximum atomic E-state index is 9.40. The van der Waals surface area contributed by atoms with E-state index in [-0.39, 0.29) is 19.3 Å². The van der Waals surface area contributed by atoms with E-state index in [0.29, 0.717) is 24.4 Å². The van der Waals surface area contributed by atoms with Crippen molar-refractivity contribution >= 4 is 0 Å². The first-order chi connectivity index (χ1) is 12.6. The van der Waals surface area contributed by atoms with E-state index >= 15 is 0 Å². The van der Waals surface area contributed by atoms with Gasteiger partial charge >= 0.3 is 0 Å². The predicted octanol–water partition coefficient (Wildman–Crippen LogP) is -1.55. The number of ether oxygens (including phenoxy) is 5. The second-order valence-corrected chi connectivity index (χ2v) is 6.84. The summed E-state index contributed by atoms with van der Waals surface area (Å²) in [6, 6.07) is 0. The molecule has 0 radical (unpaired) electrons. The molecule has 4 aliphatic heterocycles. The minimum Gasteiger partial charge on any atom is -0.394 e. The number of aliphatic hydroxyl groups excluding tert-OH is 4. The fourth-order valence-corrected chi connectivity index (χ4v) is 1.96. The van der Waals surface area contributed by atoms with Crippen LogP contribution in [0.4, 0.5) is 0 Å². The van der Waals surface area contributed by atoms with Crippen LogP contribution in [0.1, 0.15) is 19.3 Å². The normalized spacial score (nSPS) is 31.3. The van der Waals surface area contributed by atoms with E-state index in [2.05, 4.69) is 0 Å². The second-order valence-electron chi connectivity index (χ2n) is 6.84. The summed E-state index contributed by atoms with van der Waals surface area (Å²) in [5.74, 6) is 0. The van der Waals surface area contributed by atoms with Crippen LogP contribution in [-0.4, -0.2) is 110 Å². The Morgan fingerprint density at radius 1 is 0.731 bits per heavy atom. The van der Waals surface area contributed by atoms with Gasteiger partial charge in [-0.1, -0.05) is 0 Å². The lowest BCUT2D eigenvalue weighted by Crippen LogP contribution is -2.15. The first kappa shape index (κ1) is 21.9. The summed E-state index contributed by atoms with van der Waals surface area (Å²) in [6.45, 7) is 4.27. The third-order valence-electron chi connectivity index (χ3n) is 4.00. The molecule has 0 aromatic rings. The Balaban J connectivity index is 0.000000147. The number of epoxide rings is 4. The summed E-state index contributed by atoms with van der Waals surface area (Å²) in [5, 5.41) is 33.4. The van der Waals surface area contributed by atoms with Gasteiger partial charge in [0.05, 0.1) is 71.2 Å². The molecule has 4 heterocycles. The lowest BCUT2D eigenvalue weighted by atomic mass is 10.1. The Morgan fingerprint density at radius 3 is 1.54 bits per heavy atom. The zero-order valence-corrected chi connectivity index (χ0v) is 15.1. The maximum absolute atomic E-state index is 9.40. The second kappa shape index (κ2) is 12.2. The van der Waals surface area contributed by atoms with Gasteiger partial charge in [-0.3, -0.25) is 0 Å². The quantitative estimate of drug-likeness (QED) is 0.313. The van der Waals surface area contributed by atoms with Gasteiger partial charge in [-0.25, -0.2) is 0 Å². The fourth-order valence-electron chi connectivity index (χ4n) is 1.96. The van der Waals surface area contributed by atoms with Crippen LogP contribution in [0.25, 0.3) is 0 Å². The van der Waals surface area contributed by atoms with Gasteiger partial charge < -0.3 is 44.1 Å². The highest BCUT2D eigenvalue weighted by molar-refractivity contribution is 4.76. The van der Waals surface area contributed by atoms with Crippen LogP contribution in [0.15, 0.2) is 0 Å². The Labute approximate surface area is 153 Å². The van der Waals surface area contributed by atoms with Crippen molar-refractivity contribution in [2.24, 2.45) is 0 Å². The molecule has 5 unspecified atom stereocenters. The summed E-state index contributed by atoms with van der Waals surface area (Å²) in [4.78, 5) is 0. The summed E-state index contributed by atoms with van der Waals surface area (Å²) in [7, 11) is 0. The zero-order valence-electron chi connectivity index (χ0n) is 15.1. The number of hydrogen-bond acceptors (Lipinski definition) is 9. The molecule has 9 nitrogen and oxygen atoms in total. The van der Waals surface area contributed by atoms with E-state index in [0.717, 1.165) is 58.9 Å². The van der Waals surface area contributed by atoms with Crippen LogP contribution in [0, 0.1) is 0 Å². The molecule has 4 rings (SSSR count). The fraction of sp³-hybridized carbons (Fsp3) is 1.00. The Kier molecular flexibility index (Phi) is 10.3. The molecule has 0 aromatic heterocycles. The van der Waals surface area contributed by atoms with Crippen LogP contribution >= 0.6 is 0 Å². The summed E-state index contributed by atoms with van der Waals surface area (Å²) >= 11 is 0. The molecule has 0 aromatic carbocycles. The zero-order chi connectivity index (χ0) is 18.8. The molecule has 0 saturated carbocycles. The third-order valence-corrected chi connectivity index (χ3v) is 4.00. The van der Waals surface area contributed by atoms with Crippen molar-refractivity contribution in [3.05, 3.63) is 0 Å². The van der Waals surface area contributed by atoms with Gasteiger partial charge in [-0.15, -0.1) is 0 Å². The van der Waals surface area contributed by atoms with Crippen molar-refractivity contribution in [3.63, 3.8) is 0 Å². The van der Waals surface area contributed by atoms with Gasteiger partial charge in [0.1, 0.15) is 18.3 Å². The molecule has 0 aliphatic carbocycles. The standard InChI is InChI=1S/C8H14O3.C6H10O3.C3H8O3/c9-6(3-8-5-11-8)1-2-7-4-10-7;1(5-3-8-5)7-2-6-4-9-6;4-1-3(6)2-5/h6-9H,1-5H2;5-6H,1-4H2;3-6H,1-2H2. The van der Waals surface area contributed by atoms with Gasteiger partial charge in [0.2, 0.25) is 0 Å². The molecule has 4 saturated heterocycles. The van der Waals surface area contributed by atoms with Crippen LogP contribution in [0.5, 0.6) is 0 Å². The van der Waals surface area contributed by atoms with E-state index in [9.17, 15) is 5.11 Å². The van der Waals surface area contributed by atoms with Gasteiger partial charge in [-0.2, -0.15) is 0 Å². The van der Waals surface area contributed by atoms with Gasteiger partial charge in [0.15, 0.2) is 0 Å². The lowest BCUT2D eigenvalue weighted by molar-refractivity contribution is 0.0450. The summed E-state index contributed by atoms with van der Waals surface area (Å²) in [6.07, 6.45) is 3.14. The molecule has 9 heteroatoms. The maximum Gasteiger partial charge on any atom is 0.104 e. The molecule has 4 fully saturated rings. The van der Waals surface area contributed by atoms with Crippen molar-refractivity contribution in [2.45, 2.75) is 55.9 Å². The van der Waals surface area contributed by atoms with E-state index < -0.39 is 6.10 Å². The van der Waals surface area contributed by atoms with Crippen LogP contribution < -0.4 is 0 Å². The molecule has 0 amide bonds. The highest BCUT2D eigenvalue weighted by Gasteiger charge is 2.28. The van der Waals surface area contributed by atoms with Gasteiger partial charge in [0.25, 0.3) is 0 Å². The smallest absolute Gasteiger partial charge is 0.104 e. The first-order valence-corrected chi connectivity index (χ1v) is 9.22. The molecule has 5 atom stereocenters. The van der Waals surface area contributed by atoms with Crippen molar-refractivity contribution in [3.8, 4) is 0 Å². The Morgan fingerprint density at radius 2 is 1.19 bits per heavy atom. The van der Waals surface area contributed by atoms with E-state index in [4.69, 9.17) is 39.0 Å². The lowest BCUT2D eigenvalue weighted by Gasteiger charge is -2.06. The molecule has 4 aliphatic rings. The molecular formula is C17H32O9. The molecule has 26 heavy (non-hydrogen) atoms. The topological polar surface area (TPSA) is 140 Å². The predicted molar refractivity (Wildman–Crippen MR) is 89.8 cm³/mol. The number of hydrogen-bond donors (Lipinski definition) is 4. The Hall–Kier alpha value is -0.360. The van der Waals surface area contributed by atoms with Crippen molar-refractivity contribution < 1.29 is 44.1 Å². The minimum absolute atomic E-state index is 0.174. The number of aliphatic hydroxyl groups is 4. The average molecular weight is 380 g/mol. The van der Waals surface area contributed by atoms with Gasteiger partial charge in [-0.05, 0) is 12.8 Å². The minimum atomic E-state index is -0.954. The first-order valence-electron chi connectivity index (χ1n) is 9.22. The Bertz CT molecular complexity index is 338. The number of rotatable bonds is 11. The molecule has 154 valence electrons. The largest absolute Gasteiger partial charge is 0.394 e. The highest BCUT2D eigenvalue weighted by atomic mass is 16.6. The van der Waals surface area contributed by atoms with E-state index in [1.165, 1.54) is 0 Å². The van der Waals surface area contributed by atoms with Crippen LogP contribution in [0.3, 0.4) is 0 Å². The highest BCUT2D eigenvalue weighted by Crippen LogP contribution is 2.21. The molecular weight excluding hydrogens is 348 g/mol. The van der Waals surface area contributed by atoms with E-state index in [1.54, 1.807) is 0 Å². The molecule has 0 spiro atoms. The SMILES string of the molecule is C(OCC1CO1)C1CO1.OC(CCC1CO1)CC1CO1.OCC(O)CO. The molecule has 0 bridgehead atoms. The van der Waals surface area contributed by atoms with Gasteiger partial charge in [0, 0.05) is 6.42 Å². The summed E-state index contributed by atoms with van der Waals surface area (Å²) < 4.78 is 25.2. The van der Waals surface area contributed by atoms with Crippen molar-refractivity contribution in [1.82, 2.24) is 0 Å². The molecule has 4 N–H and O–H groups in total. The van der Waals surface area contributed by atoms with Crippen molar-refractivity contribution in [2.75, 3.05) is 52.9 Å². The third kappa shape index (κ3) is 12.9. The monoisotopic (exact) mass is 380 g/mol. The van der Waals surface area contributed by atoms with Crippen LogP contribution in [0.2, 0.25) is 0 Å².